The molecule has 0 saturated carbocycles. The molecule has 1 heterocycles. The zero-order chi connectivity index (χ0) is 13.9. The summed E-state index contributed by atoms with van der Waals surface area (Å²) in [4.78, 5) is 3.19. The Bertz CT molecular complexity index is 524. The summed E-state index contributed by atoms with van der Waals surface area (Å²) in [6.45, 7) is 7.40. The van der Waals surface area contributed by atoms with Gasteiger partial charge in [0.25, 0.3) is 0 Å². The zero-order valence-corrected chi connectivity index (χ0v) is 12.1. The molecule has 0 unspecified atom stereocenters. The van der Waals surface area contributed by atoms with Crippen molar-refractivity contribution in [1.82, 2.24) is 4.98 Å². The number of hydrogen-bond acceptors (Lipinski definition) is 2. The quantitative estimate of drug-likeness (QED) is 0.871. The van der Waals surface area contributed by atoms with Gasteiger partial charge in [-0.15, -0.1) is 0 Å². The average Bonchev–Trinajstić information content (AvgIpc) is 2.88. The van der Waals surface area contributed by atoms with E-state index >= 15 is 0 Å². The lowest BCUT2D eigenvalue weighted by molar-refractivity contribution is 0.416. The molecule has 0 atom stereocenters. The van der Waals surface area contributed by atoms with Crippen molar-refractivity contribution in [2.45, 2.75) is 32.7 Å². The zero-order valence-electron chi connectivity index (χ0n) is 12.1. The van der Waals surface area contributed by atoms with Gasteiger partial charge in [0.2, 0.25) is 0 Å². The Morgan fingerprint density at radius 1 is 1.21 bits per heavy atom. The topological polar surface area (TPSA) is 37.0 Å². The minimum absolute atomic E-state index is 0.134. The van der Waals surface area contributed by atoms with Crippen LogP contribution in [0.3, 0.4) is 0 Å². The van der Waals surface area contributed by atoms with E-state index in [0.717, 1.165) is 23.7 Å². The van der Waals surface area contributed by atoms with Crippen molar-refractivity contribution in [3.8, 4) is 5.75 Å². The van der Waals surface area contributed by atoms with Crippen LogP contribution in [-0.4, -0.2) is 12.1 Å². The molecule has 0 spiro atoms. The Balaban J connectivity index is 2.21. The fraction of sp³-hybridized carbons (Fsp3) is 0.375. The molecule has 2 rings (SSSR count). The van der Waals surface area contributed by atoms with E-state index in [-0.39, 0.29) is 5.41 Å². The van der Waals surface area contributed by atoms with Crippen LogP contribution in [0.4, 0.5) is 5.69 Å². The lowest BCUT2D eigenvalue weighted by Crippen LogP contribution is -2.12. The summed E-state index contributed by atoms with van der Waals surface area (Å²) in [5.74, 6) is 0.875. The molecule has 0 amide bonds. The van der Waals surface area contributed by atoms with E-state index in [1.54, 1.807) is 7.11 Å². The first-order chi connectivity index (χ1) is 9.00. The first-order valence-electron chi connectivity index (χ1n) is 6.55. The molecule has 19 heavy (non-hydrogen) atoms. The standard InChI is InChI=1S/C16H22N2O/c1-16(2,3)12-7-8-15(19-4)14(10-12)18-11-13-6-5-9-17-13/h5-10,17-18H,11H2,1-4H3. The van der Waals surface area contributed by atoms with Gasteiger partial charge in [-0.1, -0.05) is 26.8 Å². The first-order valence-corrected chi connectivity index (χ1v) is 6.55. The van der Waals surface area contributed by atoms with Crippen LogP contribution in [0.1, 0.15) is 32.0 Å². The van der Waals surface area contributed by atoms with E-state index in [9.17, 15) is 0 Å². The van der Waals surface area contributed by atoms with Gasteiger partial charge in [-0.05, 0) is 35.2 Å². The lowest BCUT2D eigenvalue weighted by Gasteiger charge is -2.21. The van der Waals surface area contributed by atoms with Crippen molar-refractivity contribution < 1.29 is 4.74 Å². The van der Waals surface area contributed by atoms with E-state index in [1.165, 1.54) is 5.56 Å². The van der Waals surface area contributed by atoms with Crippen LogP contribution in [0.2, 0.25) is 0 Å². The van der Waals surface area contributed by atoms with Gasteiger partial charge in [-0.3, -0.25) is 0 Å². The molecule has 0 aliphatic carbocycles. The van der Waals surface area contributed by atoms with Crippen LogP contribution in [-0.2, 0) is 12.0 Å². The van der Waals surface area contributed by atoms with Crippen LogP contribution in [0.5, 0.6) is 5.75 Å². The molecule has 1 aromatic carbocycles. The highest BCUT2D eigenvalue weighted by atomic mass is 16.5. The number of ether oxygens (including phenoxy) is 1. The molecule has 0 bridgehead atoms. The van der Waals surface area contributed by atoms with Crippen LogP contribution in [0, 0.1) is 0 Å². The maximum absolute atomic E-state index is 5.41. The summed E-state index contributed by atoms with van der Waals surface area (Å²) in [5.41, 5.74) is 3.62. The van der Waals surface area contributed by atoms with E-state index in [4.69, 9.17) is 4.74 Å². The predicted molar refractivity (Wildman–Crippen MR) is 79.8 cm³/mol. The van der Waals surface area contributed by atoms with Gasteiger partial charge in [0, 0.05) is 11.9 Å². The van der Waals surface area contributed by atoms with Gasteiger partial charge in [0.15, 0.2) is 0 Å². The normalized spacial score (nSPS) is 11.4. The Kier molecular flexibility index (Phi) is 3.84. The molecule has 0 saturated heterocycles. The third-order valence-corrected chi connectivity index (χ3v) is 3.20. The number of benzene rings is 1. The summed E-state index contributed by atoms with van der Waals surface area (Å²) in [5, 5.41) is 3.42. The Labute approximate surface area is 115 Å². The summed E-state index contributed by atoms with van der Waals surface area (Å²) >= 11 is 0. The maximum atomic E-state index is 5.41. The number of H-pyrrole nitrogens is 1. The second-order valence-electron chi connectivity index (χ2n) is 5.71. The Morgan fingerprint density at radius 3 is 2.58 bits per heavy atom. The van der Waals surface area contributed by atoms with Gasteiger partial charge >= 0.3 is 0 Å². The monoisotopic (exact) mass is 258 g/mol. The van der Waals surface area contributed by atoms with E-state index in [1.807, 2.05) is 18.3 Å². The number of aromatic nitrogens is 1. The average molecular weight is 258 g/mol. The summed E-state index contributed by atoms with van der Waals surface area (Å²) < 4.78 is 5.41. The fourth-order valence-corrected chi connectivity index (χ4v) is 1.98. The minimum Gasteiger partial charge on any atom is -0.495 e. The second kappa shape index (κ2) is 5.39. The van der Waals surface area contributed by atoms with Crippen LogP contribution < -0.4 is 10.1 Å². The SMILES string of the molecule is COc1ccc(C(C)(C)C)cc1NCc1ccc[nH]1. The number of hydrogen-bond donors (Lipinski definition) is 2. The third-order valence-electron chi connectivity index (χ3n) is 3.20. The largest absolute Gasteiger partial charge is 0.495 e. The number of aromatic amines is 1. The summed E-state index contributed by atoms with van der Waals surface area (Å²) in [6, 6.07) is 10.4. The van der Waals surface area contributed by atoms with E-state index in [0.29, 0.717) is 0 Å². The number of anilines is 1. The van der Waals surface area contributed by atoms with Crippen molar-refractivity contribution in [2.75, 3.05) is 12.4 Å². The Hall–Kier alpha value is -1.90. The van der Waals surface area contributed by atoms with Crippen molar-refractivity contribution in [2.24, 2.45) is 0 Å². The molecule has 3 nitrogen and oxygen atoms in total. The number of rotatable bonds is 4. The molecular weight excluding hydrogens is 236 g/mol. The smallest absolute Gasteiger partial charge is 0.141 e. The van der Waals surface area contributed by atoms with Gasteiger partial charge in [0.05, 0.1) is 19.3 Å². The highest BCUT2D eigenvalue weighted by Crippen LogP contribution is 2.31. The number of nitrogens with one attached hydrogen (secondary N) is 2. The van der Waals surface area contributed by atoms with Crippen molar-refractivity contribution >= 4 is 5.69 Å². The fourth-order valence-electron chi connectivity index (χ4n) is 1.98. The lowest BCUT2D eigenvalue weighted by atomic mass is 9.87. The van der Waals surface area contributed by atoms with Crippen molar-refractivity contribution in [3.63, 3.8) is 0 Å². The molecule has 2 aromatic rings. The molecule has 1 aromatic heterocycles. The number of methoxy groups -OCH3 is 1. The van der Waals surface area contributed by atoms with Gasteiger partial charge in [-0.2, -0.15) is 0 Å². The highest BCUT2D eigenvalue weighted by molar-refractivity contribution is 5.59. The summed E-state index contributed by atoms with van der Waals surface area (Å²) in [7, 11) is 1.70. The van der Waals surface area contributed by atoms with Crippen molar-refractivity contribution in [1.29, 1.82) is 0 Å². The molecule has 0 aliphatic heterocycles. The first kappa shape index (κ1) is 13.5. The van der Waals surface area contributed by atoms with Crippen LogP contribution in [0.15, 0.2) is 36.5 Å². The van der Waals surface area contributed by atoms with Gasteiger partial charge in [-0.25, -0.2) is 0 Å². The highest BCUT2D eigenvalue weighted by Gasteiger charge is 2.15. The molecule has 0 aliphatic rings. The minimum atomic E-state index is 0.134. The van der Waals surface area contributed by atoms with E-state index in [2.05, 4.69) is 49.3 Å². The maximum Gasteiger partial charge on any atom is 0.141 e. The molecule has 0 fully saturated rings. The molecule has 102 valence electrons. The summed E-state index contributed by atoms with van der Waals surface area (Å²) in [6.07, 6.45) is 1.93. The third kappa shape index (κ3) is 3.31. The molecule has 3 heteroatoms. The van der Waals surface area contributed by atoms with Crippen LogP contribution in [0.25, 0.3) is 0 Å². The van der Waals surface area contributed by atoms with Crippen LogP contribution >= 0.6 is 0 Å². The molecule has 0 radical (unpaired) electrons. The molecular formula is C16H22N2O. The van der Waals surface area contributed by atoms with Crippen molar-refractivity contribution in [3.05, 3.63) is 47.8 Å². The molecule has 2 N–H and O–H groups in total. The van der Waals surface area contributed by atoms with E-state index < -0.39 is 0 Å². The van der Waals surface area contributed by atoms with Gasteiger partial charge in [0.1, 0.15) is 5.75 Å². The van der Waals surface area contributed by atoms with Gasteiger partial charge < -0.3 is 15.0 Å². The Morgan fingerprint density at radius 2 is 2.00 bits per heavy atom. The predicted octanol–water partition coefficient (Wildman–Crippen LogP) is 3.93. The second-order valence-corrected chi connectivity index (χ2v) is 5.71.